The number of hydrogen-bond donors (Lipinski definition) is 1. The molecule has 0 spiro atoms. The predicted octanol–water partition coefficient (Wildman–Crippen LogP) is 1.63. The minimum atomic E-state index is -3.73. The molecule has 0 aliphatic carbocycles. The molecule has 0 unspecified atom stereocenters. The van der Waals surface area contributed by atoms with Crippen LogP contribution in [-0.2, 0) is 14.8 Å². The van der Waals surface area contributed by atoms with Crippen molar-refractivity contribution in [1.82, 2.24) is 9.62 Å². The summed E-state index contributed by atoms with van der Waals surface area (Å²) < 4.78 is 37.6. The van der Waals surface area contributed by atoms with Gasteiger partial charge in [0, 0.05) is 31.8 Å². The summed E-state index contributed by atoms with van der Waals surface area (Å²) >= 11 is 0. The number of nitrogens with zero attached hydrogens (tertiary/aromatic N) is 1. The fourth-order valence-corrected chi connectivity index (χ4v) is 4.48. The predicted molar refractivity (Wildman–Crippen MR) is 94.4 cm³/mol. The molecule has 1 aromatic carbocycles. The van der Waals surface area contributed by atoms with E-state index in [0.29, 0.717) is 19.6 Å². The van der Waals surface area contributed by atoms with Crippen molar-refractivity contribution >= 4 is 15.9 Å². The molecule has 1 heterocycles. The average Bonchev–Trinajstić information content (AvgIpc) is 3.13. The van der Waals surface area contributed by atoms with Gasteiger partial charge in [0.2, 0.25) is 10.0 Å². The average molecular weight is 370 g/mol. The van der Waals surface area contributed by atoms with Crippen LogP contribution < -0.4 is 10.1 Å². The summed E-state index contributed by atoms with van der Waals surface area (Å²) in [6, 6.07) is 4.44. The van der Waals surface area contributed by atoms with Gasteiger partial charge in [0.15, 0.2) is 0 Å². The van der Waals surface area contributed by atoms with E-state index in [-0.39, 0.29) is 28.2 Å². The van der Waals surface area contributed by atoms with Crippen LogP contribution in [0.5, 0.6) is 5.75 Å². The minimum absolute atomic E-state index is 0.00321. The molecule has 2 rings (SSSR count). The Hall–Kier alpha value is -1.64. The fraction of sp³-hybridized carbons (Fsp3) is 0.588. The highest BCUT2D eigenvalue weighted by Gasteiger charge is 2.27. The van der Waals surface area contributed by atoms with Crippen molar-refractivity contribution in [2.75, 3.05) is 33.4 Å². The fourth-order valence-electron chi connectivity index (χ4n) is 2.84. The second-order valence-corrected chi connectivity index (χ2v) is 7.71. The second kappa shape index (κ2) is 8.64. The molecule has 0 saturated carbocycles. The van der Waals surface area contributed by atoms with Gasteiger partial charge in [-0.15, -0.1) is 0 Å². The number of carbonyl (C=O) groups is 1. The number of rotatable bonds is 8. The summed E-state index contributed by atoms with van der Waals surface area (Å²) in [7, 11) is -2.32. The zero-order chi connectivity index (χ0) is 18.4. The molecule has 1 aromatic rings. The van der Waals surface area contributed by atoms with Gasteiger partial charge in [-0.25, -0.2) is 8.42 Å². The second-order valence-electron chi connectivity index (χ2n) is 5.80. The van der Waals surface area contributed by atoms with Crippen LogP contribution in [0.4, 0.5) is 0 Å². The van der Waals surface area contributed by atoms with E-state index in [0.717, 1.165) is 19.4 Å². The molecule has 1 N–H and O–H groups in total. The number of hydrogen-bond acceptors (Lipinski definition) is 5. The number of methoxy groups -OCH3 is 1. The third-order valence-corrected chi connectivity index (χ3v) is 6.33. The minimum Gasteiger partial charge on any atom is -0.495 e. The van der Waals surface area contributed by atoms with Crippen LogP contribution >= 0.6 is 0 Å². The molecular weight excluding hydrogens is 344 g/mol. The van der Waals surface area contributed by atoms with Crippen molar-refractivity contribution in [2.45, 2.75) is 37.7 Å². The molecule has 8 heteroatoms. The lowest BCUT2D eigenvalue weighted by Crippen LogP contribution is -2.33. The van der Waals surface area contributed by atoms with E-state index in [2.05, 4.69) is 5.32 Å². The van der Waals surface area contributed by atoms with Crippen molar-refractivity contribution in [3.8, 4) is 5.75 Å². The Labute approximate surface area is 149 Å². The topological polar surface area (TPSA) is 84.9 Å². The van der Waals surface area contributed by atoms with Gasteiger partial charge in [0.05, 0.1) is 13.2 Å². The van der Waals surface area contributed by atoms with Crippen molar-refractivity contribution in [1.29, 1.82) is 0 Å². The Morgan fingerprint density at radius 1 is 1.36 bits per heavy atom. The summed E-state index contributed by atoms with van der Waals surface area (Å²) in [5.41, 5.74) is 0.282. The molecule has 0 aromatic heterocycles. The van der Waals surface area contributed by atoms with E-state index in [1.165, 1.54) is 23.5 Å². The molecule has 25 heavy (non-hydrogen) atoms. The number of sulfonamides is 1. The molecule has 1 saturated heterocycles. The van der Waals surface area contributed by atoms with E-state index in [9.17, 15) is 13.2 Å². The highest BCUT2D eigenvalue weighted by atomic mass is 32.2. The number of ether oxygens (including phenoxy) is 2. The lowest BCUT2D eigenvalue weighted by Gasteiger charge is -2.20. The zero-order valence-corrected chi connectivity index (χ0v) is 15.8. The van der Waals surface area contributed by atoms with Crippen molar-refractivity contribution in [3.63, 3.8) is 0 Å². The van der Waals surface area contributed by atoms with Crippen LogP contribution in [0.3, 0.4) is 0 Å². The van der Waals surface area contributed by atoms with Gasteiger partial charge in [0.25, 0.3) is 5.91 Å². The van der Waals surface area contributed by atoms with Gasteiger partial charge in [-0.3, -0.25) is 4.79 Å². The van der Waals surface area contributed by atoms with Crippen LogP contribution in [0.2, 0.25) is 0 Å². The van der Waals surface area contributed by atoms with E-state index in [1.54, 1.807) is 19.9 Å². The van der Waals surface area contributed by atoms with Gasteiger partial charge in [-0.1, -0.05) is 13.8 Å². The number of nitrogens with one attached hydrogen (secondary N) is 1. The maximum Gasteiger partial charge on any atom is 0.251 e. The first-order valence-electron chi connectivity index (χ1n) is 8.52. The van der Waals surface area contributed by atoms with Crippen LogP contribution in [0, 0.1) is 0 Å². The number of amides is 1. The summed E-state index contributed by atoms with van der Waals surface area (Å²) in [6.45, 7) is 5.37. The smallest absolute Gasteiger partial charge is 0.251 e. The molecule has 7 nitrogen and oxygen atoms in total. The van der Waals surface area contributed by atoms with Crippen LogP contribution in [0.1, 0.15) is 37.0 Å². The Bertz CT molecular complexity index is 695. The monoisotopic (exact) mass is 370 g/mol. The maximum absolute atomic E-state index is 12.8. The largest absolute Gasteiger partial charge is 0.495 e. The van der Waals surface area contributed by atoms with Crippen LogP contribution in [-0.4, -0.2) is 58.1 Å². The lowest BCUT2D eigenvalue weighted by atomic mass is 10.2. The number of benzene rings is 1. The summed E-state index contributed by atoms with van der Waals surface area (Å²) in [5.74, 6) is -0.100. The van der Waals surface area contributed by atoms with Crippen LogP contribution in [0.15, 0.2) is 23.1 Å². The first-order valence-corrected chi connectivity index (χ1v) is 9.96. The molecule has 0 radical (unpaired) electrons. The first kappa shape index (κ1) is 19.7. The van der Waals surface area contributed by atoms with Crippen molar-refractivity contribution in [2.24, 2.45) is 0 Å². The highest BCUT2D eigenvalue weighted by Crippen LogP contribution is 2.28. The first-order chi connectivity index (χ1) is 11.9. The van der Waals surface area contributed by atoms with E-state index < -0.39 is 10.0 Å². The molecule has 1 atom stereocenters. The van der Waals surface area contributed by atoms with Gasteiger partial charge in [-0.05, 0) is 31.0 Å². The van der Waals surface area contributed by atoms with Gasteiger partial charge >= 0.3 is 0 Å². The third-order valence-electron chi connectivity index (χ3n) is 4.26. The summed E-state index contributed by atoms with van der Waals surface area (Å²) in [4.78, 5) is 12.4. The van der Waals surface area contributed by atoms with Gasteiger partial charge in [0.1, 0.15) is 10.6 Å². The quantitative estimate of drug-likeness (QED) is 0.752. The third kappa shape index (κ3) is 4.50. The van der Waals surface area contributed by atoms with E-state index in [4.69, 9.17) is 9.47 Å². The molecular formula is C17H26N2O5S. The summed E-state index contributed by atoms with van der Waals surface area (Å²) in [5, 5.41) is 2.80. The summed E-state index contributed by atoms with van der Waals surface area (Å²) in [6.07, 6.45) is 1.95. The van der Waals surface area contributed by atoms with Gasteiger partial charge in [-0.2, -0.15) is 4.31 Å². The number of carbonyl (C=O) groups excluding carboxylic acids is 1. The molecule has 1 aliphatic rings. The SMILES string of the molecule is CCN(CC)S(=O)(=O)c1cc(C(=O)NC[C@@H]2CCCO2)ccc1OC. The maximum atomic E-state index is 12.8. The lowest BCUT2D eigenvalue weighted by molar-refractivity contribution is 0.0857. The van der Waals surface area contributed by atoms with Gasteiger partial charge < -0.3 is 14.8 Å². The zero-order valence-electron chi connectivity index (χ0n) is 14.9. The van der Waals surface area contributed by atoms with Crippen molar-refractivity contribution in [3.05, 3.63) is 23.8 Å². The molecule has 1 amide bonds. The van der Waals surface area contributed by atoms with Crippen molar-refractivity contribution < 1.29 is 22.7 Å². The molecule has 0 bridgehead atoms. The molecule has 1 fully saturated rings. The molecule has 1 aliphatic heterocycles. The Morgan fingerprint density at radius 3 is 2.64 bits per heavy atom. The van der Waals surface area contributed by atoms with Crippen LogP contribution in [0.25, 0.3) is 0 Å². The standard InChI is InChI=1S/C17H26N2O5S/c1-4-19(5-2)25(21,22)16-11-13(8-9-15(16)23-3)17(20)18-12-14-7-6-10-24-14/h8-9,11,14H,4-7,10,12H2,1-3H3,(H,18,20)/t14-/m0/s1. The Morgan fingerprint density at radius 2 is 2.08 bits per heavy atom. The van der Waals surface area contributed by atoms with E-state index in [1.807, 2.05) is 0 Å². The molecule has 140 valence electrons. The Balaban J connectivity index is 2.25. The van der Waals surface area contributed by atoms with E-state index >= 15 is 0 Å². The normalized spacial score (nSPS) is 17.7. The highest BCUT2D eigenvalue weighted by molar-refractivity contribution is 7.89. The Kier molecular flexibility index (Phi) is 6.80.